The molecule has 3 rings (SSSR count). The first-order valence-electron chi connectivity index (χ1n) is 7.03. The number of carbonyl (C=O) groups excluding carboxylic acids is 1. The van der Waals surface area contributed by atoms with Gasteiger partial charge in [-0.1, -0.05) is 30.3 Å². The van der Waals surface area contributed by atoms with E-state index in [1.54, 1.807) is 13.8 Å². The minimum Gasteiger partial charge on any atom is -0.462 e. The zero-order chi connectivity index (χ0) is 16.4. The summed E-state index contributed by atoms with van der Waals surface area (Å²) in [5.74, 6) is 0.167. The molecule has 8 heteroatoms. The molecule has 1 aromatic carbocycles. The van der Waals surface area contributed by atoms with Crippen LogP contribution in [0, 0.1) is 6.92 Å². The fourth-order valence-corrected chi connectivity index (χ4v) is 3.19. The van der Waals surface area contributed by atoms with Gasteiger partial charge < -0.3 is 10.5 Å². The third-order valence-corrected chi connectivity index (χ3v) is 4.25. The smallest absolute Gasteiger partial charge is 0.343 e. The molecule has 23 heavy (non-hydrogen) atoms. The minimum atomic E-state index is -0.503. The van der Waals surface area contributed by atoms with Gasteiger partial charge in [-0.3, -0.25) is 0 Å². The monoisotopic (exact) mass is 329 g/mol. The van der Waals surface area contributed by atoms with Crippen molar-refractivity contribution in [1.82, 2.24) is 14.9 Å². The number of hydrogen-bond acceptors (Lipinski definition) is 7. The molecule has 0 amide bonds. The molecular weight excluding hydrogens is 314 g/mol. The lowest BCUT2D eigenvalue weighted by Crippen LogP contribution is -2.24. The van der Waals surface area contributed by atoms with Crippen LogP contribution in [-0.4, -0.2) is 33.3 Å². The van der Waals surface area contributed by atoms with Gasteiger partial charge in [-0.25, -0.2) is 4.79 Å². The van der Waals surface area contributed by atoms with Crippen molar-refractivity contribution in [3.05, 3.63) is 47.3 Å². The van der Waals surface area contributed by atoms with E-state index in [-0.39, 0.29) is 18.0 Å². The molecule has 2 N–H and O–H groups in total. The molecule has 0 saturated heterocycles. The summed E-state index contributed by atoms with van der Waals surface area (Å²) in [5.41, 5.74) is 7.17. The summed E-state index contributed by atoms with van der Waals surface area (Å²) in [6.45, 7) is 3.77. The van der Waals surface area contributed by atoms with Crippen LogP contribution in [-0.2, 0) is 9.53 Å². The minimum absolute atomic E-state index is 0.0800. The third kappa shape index (κ3) is 2.85. The fraction of sp³-hybridized carbons (Fsp3) is 0.200. The molecule has 0 radical (unpaired) electrons. The Balaban J connectivity index is 2.21. The molecule has 0 atom stereocenters. The Bertz CT molecular complexity index is 811. The number of amidine groups is 1. The molecule has 2 aromatic rings. The highest BCUT2D eigenvalue weighted by Crippen LogP contribution is 2.38. The molecule has 0 aliphatic carbocycles. The van der Waals surface area contributed by atoms with Crippen LogP contribution >= 0.6 is 11.8 Å². The molecule has 2 heterocycles. The first-order valence-corrected chi connectivity index (χ1v) is 7.85. The molecule has 1 aliphatic heterocycles. The summed E-state index contributed by atoms with van der Waals surface area (Å²) < 4.78 is 6.67. The second-order valence-corrected chi connectivity index (χ2v) is 5.70. The van der Waals surface area contributed by atoms with Crippen LogP contribution in [0.4, 0.5) is 0 Å². The maximum atomic E-state index is 12.4. The first kappa shape index (κ1) is 15.3. The number of rotatable bonds is 3. The summed E-state index contributed by atoms with van der Waals surface area (Å²) in [7, 11) is 0. The van der Waals surface area contributed by atoms with Crippen molar-refractivity contribution in [3.8, 4) is 0 Å². The Hall–Kier alpha value is -2.61. The molecular formula is C15H15N5O2S. The fourth-order valence-electron chi connectivity index (χ4n) is 2.13. The number of carbonyl (C=O) groups is 1. The van der Waals surface area contributed by atoms with Crippen molar-refractivity contribution < 1.29 is 9.53 Å². The zero-order valence-electron chi connectivity index (χ0n) is 12.7. The van der Waals surface area contributed by atoms with Crippen LogP contribution in [0.5, 0.6) is 0 Å². The van der Waals surface area contributed by atoms with Gasteiger partial charge in [-0.05, 0) is 31.2 Å². The van der Waals surface area contributed by atoms with E-state index in [2.05, 4.69) is 15.3 Å². The number of aromatic nitrogens is 3. The number of hydrogen-bond donors (Lipinski definition) is 1. The van der Waals surface area contributed by atoms with Crippen molar-refractivity contribution in [3.63, 3.8) is 0 Å². The van der Waals surface area contributed by atoms with Crippen LogP contribution in [0.2, 0.25) is 0 Å². The van der Waals surface area contributed by atoms with E-state index in [0.717, 1.165) is 5.56 Å². The van der Waals surface area contributed by atoms with Crippen LogP contribution in [0.1, 0.15) is 18.3 Å². The van der Waals surface area contributed by atoms with Gasteiger partial charge in [0.15, 0.2) is 11.7 Å². The van der Waals surface area contributed by atoms with E-state index < -0.39 is 5.97 Å². The van der Waals surface area contributed by atoms with Crippen LogP contribution < -0.4 is 5.73 Å². The predicted molar refractivity (Wildman–Crippen MR) is 87.6 cm³/mol. The summed E-state index contributed by atoms with van der Waals surface area (Å²) in [5, 5.41) is 12.9. The Morgan fingerprint density at radius 2 is 2.04 bits per heavy atom. The lowest BCUT2D eigenvalue weighted by Gasteiger charge is -2.11. The number of fused-ring (bicyclic) bond motifs is 1. The largest absolute Gasteiger partial charge is 0.462 e. The number of ether oxygens (including phenoxy) is 1. The topological polar surface area (TPSA) is 95.4 Å². The Labute approximate surface area is 137 Å². The van der Waals surface area contributed by atoms with Crippen molar-refractivity contribution in [2.45, 2.75) is 19.0 Å². The maximum Gasteiger partial charge on any atom is 0.343 e. The summed E-state index contributed by atoms with van der Waals surface area (Å²) in [6.07, 6.45) is 0. The van der Waals surface area contributed by atoms with Crippen LogP contribution in [0.25, 0.3) is 4.91 Å². The zero-order valence-corrected chi connectivity index (χ0v) is 13.5. The SMILES string of the molecule is CCOC(=O)C1=C(c2ccccc2)Sc2nnc(C)n2N=C1N. The Morgan fingerprint density at radius 1 is 1.30 bits per heavy atom. The number of esters is 1. The molecule has 1 aromatic heterocycles. The molecule has 0 bridgehead atoms. The van der Waals surface area contributed by atoms with E-state index in [4.69, 9.17) is 10.5 Å². The molecule has 118 valence electrons. The summed E-state index contributed by atoms with van der Waals surface area (Å²) in [6, 6.07) is 9.47. The van der Waals surface area contributed by atoms with Gasteiger partial charge in [0.2, 0.25) is 5.16 Å². The van der Waals surface area contributed by atoms with Crippen molar-refractivity contribution >= 4 is 28.5 Å². The highest BCUT2D eigenvalue weighted by molar-refractivity contribution is 8.08. The molecule has 0 unspecified atom stereocenters. The maximum absolute atomic E-state index is 12.4. The number of benzene rings is 1. The van der Waals surface area contributed by atoms with E-state index in [9.17, 15) is 4.79 Å². The predicted octanol–water partition coefficient (Wildman–Crippen LogP) is 1.79. The van der Waals surface area contributed by atoms with Crippen molar-refractivity contribution in [2.75, 3.05) is 6.61 Å². The van der Waals surface area contributed by atoms with E-state index in [0.29, 0.717) is 15.9 Å². The average Bonchev–Trinajstić information content (AvgIpc) is 2.80. The quantitative estimate of drug-likeness (QED) is 0.863. The van der Waals surface area contributed by atoms with Crippen molar-refractivity contribution in [2.24, 2.45) is 10.8 Å². The van der Waals surface area contributed by atoms with Gasteiger partial charge in [0, 0.05) is 4.91 Å². The molecule has 1 aliphatic rings. The Kier molecular flexibility index (Phi) is 4.16. The average molecular weight is 329 g/mol. The molecule has 0 fully saturated rings. The summed E-state index contributed by atoms with van der Waals surface area (Å²) >= 11 is 1.29. The second kappa shape index (κ2) is 6.25. The second-order valence-electron chi connectivity index (χ2n) is 4.72. The van der Waals surface area contributed by atoms with Crippen LogP contribution in [0.3, 0.4) is 0 Å². The van der Waals surface area contributed by atoms with Gasteiger partial charge >= 0.3 is 5.97 Å². The van der Waals surface area contributed by atoms with Crippen LogP contribution in [0.15, 0.2) is 46.2 Å². The number of nitrogens with zero attached hydrogens (tertiary/aromatic N) is 4. The molecule has 7 nitrogen and oxygen atoms in total. The standard InChI is InChI=1S/C15H15N5O2S/c1-3-22-14(21)11-12(10-7-5-4-6-8-10)23-15-18-17-9(2)20(15)19-13(11)16/h4-8H,3H2,1-2H3,(H2,16,19). The third-order valence-electron chi connectivity index (χ3n) is 3.17. The van der Waals surface area contributed by atoms with Gasteiger partial charge in [-0.15, -0.1) is 15.3 Å². The number of thioether (sulfide) groups is 1. The number of aryl methyl sites for hydroxylation is 1. The van der Waals surface area contributed by atoms with E-state index >= 15 is 0 Å². The molecule has 0 saturated carbocycles. The van der Waals surface area contributed by atoms with E-state index in [1.807, 2.05) is 30.3 Å². The van der Waals surface area contributed by atoms with E-state index in [1.165, 1.54) is 16.4 Å². The van der Waals surface area contributed by atoms with Gasteiger partial charge in [0.25, 0.3) is 0 Å². The van der Waals surface area contributed by atoms with Gasteiger partial charge in [0.05, 0.1) is 6.61 Å². The highest BCUT2D eigenvalue weighted by atomic mass is 32.2. The highest BCUT2D eigenvalue weighted by Gasteiger charge is 2.28. The lowest BCUT2D eigenvalue weighted by molar-refractivity contribution is -0.137. The van der Waals surface area contributed by atoms with Gasteiger partial charge in [0.1, 0.15) is 5.57 Å². The number of nitrogens with two attached hydrogens (primary N) is 1. The molecule has 0 spiro atoms. The Morgan fingerprint density at radius 3 is 2.74 bits per heavy atom. The lowest BCUT2D eigenvalue weighted by atomic mass is 10.1. The normalized spacial score (nSPS) is 14.1. The van der Waals surface area contributed by atoms with Gasteiger partial charge in [-0.2, -0.15) is 4.68 Å². The summed E-state index contributed by atoms with van der Waals surface area (Å²) in [4.78, 5) is 13.1. The van der Waals surface area contributed by atoms with Crippen molar-refractivity contribution in [1.29, 1.82) is 0 Å². The first-order chi connectivity index (χ1) is 11.1.